The number of rotatable bonds is 36. The van der Waals surface area contributed by atoms with Crippen LogP contribution in [0.2, 0.25) is 0 Å². The molecule has 6 aromatic rings. The summed E-state index contributed by atoms with van der Waals surface area (Å²) in [6, 6.07) is 17.5. The molecule has 0 aliphatic rings. The summed E-state index contributed by atoms with van der Waals surface area (Å²) in [6.07, 6.45) is 54.2. The maximum atomic E-state index is 3.63. The lowest BCUT2D eigenvalue weighted by molar-refractivity contribution is 0.532. The Bertz CT molecular complexity index is 2120. The summed E-state index contributed by atoms with van der Waals surface area (Å²) in [5.41, 5.74) is 5.73. The fourth-order valence-electron chi connectivity index (χ4n) is 9.62. The van der Waals surface area contributed by atoms with Gasteiger partial charge < -0.3 is 0 Å². The standard InChI is InChI=1S/C60H82Br2S4/c1-3-5-7-9-11-13-15-17-19-21-23-25-27-29-31-33-51-53(45-39-47-35-41-49(61)42-36-47)63-57-55(51)65-60-58-56(66-59(57)60)52(54(64-58)46-40-48-37-43-50(62)44-38-48)34-32-30-28-26-24-22-20-18-16-14-12-10-8-6-4-2/h35-46H,3-34H2,1-2H3/b45-39+,46-40+. The molecule has 360 valence electrons. The van der Waals surface area contributed by atoms with Crippen LogP contribution >= 0.6 is 77.2 Å². The summed E-state index contributed by atoms with van der Waals surface area (Å²) in [4.78, 5) is 2.94. The van der Waals surface area contributed by atoms with Gasteiger partial charge in [-0.05, 0) is 84.4 Å². The van der Waals surface area contributed by atoms with Gasteiger partial charge in [-0.1, -0.05) is 262 Å². The lowest BCUT2D eigenvalue weighted by Crippen LogP contribution is -1.87. The molecule has 0 saturated carbocycles. The van der Waals surface area contributed by atoms with E-state index < -0.39 is 0 Å². The minimum Gasteiger partial charge on any atom is -0.133 e. The van der Waals surface area contributed by atoms with Crippen LogP contribution in [0.25, 0.3) is 52.5 Å². The summed E-state index contributed by atoms with van der Waals surface area (Å²) in [6.45, 7) is 4.62. The minimum atomic E-state index is 1.14. The number of hydrogen-bond acceptors (Lipinski definition) is 4. The van der Waals surface area contributed by atoms with Crippen molar-refractivity contribution in [1.82, 2.24) is 0 Å². The second-order valence-electron chi connectivity index (χ2n) is 19.2. The lowest BCUT2D eigenvalue weighted by Gasteiger charge is -2.04. The highest BCUT2D eigenvalue weighted by Crippen LogP contribution is 2.53. The van der Waals surface area contributed by atoms with Crippen molar-refractivity contribution >= 4 is 130 Å². The van der Waals surface area contributed by atoms with Gasteiger partial charge in [-0.25, -0.2) is 0 Å². The fraction of sp³-hybridized carbons (Fsp3) is 0.567. The molecular weight excluding hydrogens is 1010 g/mol. The van der Waals surface area contributed by atoms with E-state index in [1.807, 2.05) is 0 Å². The predicted octanol–water partition coefficient (Wildman–Crippen LogP) is 24.1. The highest BCUT2D eigenvalue weighted by Gasteiger charge is 2.23. The van der Waals surface area contributed by atoms with Crippen LogP contribution in [0, 0.1) is 0 Å². The Morgan fingerprint density at radius 3 is 0.848 bits per heavy atom. The van der Waals surface area contributed by atoms with E-state index in [1.165, 1.54) is 226 Å². The number of thiophene rings is 4. The SMILES string of the molecule is CCCCCCCCCCCCCCCCCc1c(/C=C/c2ccc(Br)cc2)sc2c1sc1c3sc(/C=C/c4ccc(Br)cc4)c(CCCCCCCCCCCCCCCCC)c3sc21. The number of aryl methyl sites for hydroxylation is 2. The molecule has 0 unspecified atom stereocenters. The van der Waals surface area contributed by atoms with Gasteiger partial charge in [0.05, 0.1) is 28.2 Å². The van der Waals surface area contributed by atoms with Crippen molar-refractivity contribution in [3.63, 3.8) is 0 Å². The molecule has 0 saturated heterocycles. The van der Waals surface area contributed by atoms with Gasteiger partial charge >= 0.3 is 0 Å². The second-order valence-corrected chi connectivity index (χ2v) is 25.2. The topological polar surface area (TPSA) is 0 Å². The zero-order valence-corrected chi connectivity index (χ0v) is 47.4. The molecule has 0 aliphatic carbocycles. The van der Waals surface area contributed by atoms with Crippen LogP contribution in [0.1, 0.15) is 238 Å². The van der Waals surface area contributed by atoms with Crippen LogP contribution in [0.3, 0.4) is 0 Å². The third-order valence-corrected chi connectivity index (χ3v) is 20.3. The molecule has 0 spiro atoms. The first-order valence-electron chi connectivity index (χ1n) is 26.8. The van der Waals surface area contributed by atoms with Crippen molar-refractivity contribution in [2.75, 3.05) is 0 Å². The fourth-order valence-corrected chi connectivity index (χ4v) is 16.2. The van der Waals surface area contributed by atoms with Crippen molar-refractivity contribution in [3.8, 4) is 0 Å². The maximum absolute atomic E-state index is 3.63. The number of unbranched alkanes of at least 4 members (excludes halogenated alkanes) is 28. The Morgan fingerprint density at radius 2 is 0.561 bits per heavy atom. The van der Waals surface area contributed by atoms with Crippen LogP contribution in [-0.2, 0) is 12.8 Å². The molecule has 4 heterocycles. The number of benzene rings is 2. The zero-order chi connectivity index (χ0) is 46.0. The van der Waals surface area contributed by atoms with Gasteiger partial charge in [0.2, 0.25) is 0 Å². The van der Waals surface area contributed by atoms with E-state index in [0.29, 0.717) is 0 Å². The van der Waals surface area contributed by atoms with Gasteiger partial charge in [-0.15, -0.1) is 45.3 Å². The average Bonchev–Trinajstić information content (AvgIpc) is 4.06. The Balaban J connectivity index is 1.08. The van der Waals surface area contributed by atoms with Crippen LogP contribution in [0.15, 0.2) is 57.5 Å². The van der Waals surface area contributed by atoms with Crippen molar-refractivity contribution in [1.29, 1.82) is 0 Å². The quantitative estimate of drug-likeness (QED) is 0.0344. The van der Waals surface area contributed by atoms with Crippen LogP contribution in [0.5, 0.6) is 0 Å². The predicted molar refractivity (Wildman–Crippen MR) is 314 cm³/mol. The Hall–Kier alpha value is -1.54. The van der Waals surface area contributed by atoms with E-state index >= 15 is 0 Å². The van der Waals surface area contributed by atoms with Gasteiger partial charge in [-0.3, -0.25) is 0 Å². The van der Waals surface area contributed by atoms with Gasteiger partial charge in [0, 0.05) is 18.7 Å². The average molecular weight is 1090 g/mol. The molecule has 2 aromatic carbocycles. The molecule has 4 aromatic heterocycles. The molecule has 0 nitrogen and oxygen atoms in total. The summed E-state index contributed by atoms with van der Waals surface area (Å²) < 4.78 is 11.6. The Kier molecular flexibility index (Phi) is 25.8. The van der Waals surface area contributed by atoms with Crippen LogP contribution in [-0.4, -0.2) is 0 Å². The van der Waals surface area contributed by atoms with Gasteiger partial charge in [0.25, 0.3) is 0 Å². The molecule has 0 bridgehead atoms. The Labute approximate surface area is 434 Å². The number of fused-ring (bicyclic) bond motifs is 5. The zero-order valence-electron chi connectivity index (χ0n) is 40.9. The summed E-state index contributed by atoms with van der Waals surface area (Å²) in [5.74, 6) is 0. The molecule has 0 aliphatic heterocycles. The smallest absolute Gasteiger partial charge is 0.0651 e. The largest absolute Gasteiger partial charge is 0.133 e. The third kappa shape index (κ3) is 18.0. The molecule has 0 N–H and O–H groups in total. The normalized spacial score (nSPS) is 12.2. The lowest BCUT2D eigenvalue weighted by atomic mass is 10.0. The van der Waals surface area contributed by atoms with Crippen LogP contribution < -0.4 is 0 Å². The van der Waals surface area contributed by atoms with E-state index in [1.54, 1.807) is 39.3 Å². The van der Waals surface area contributed by atoms with Crippen molar-refractivity contribution in [2.45, 2.75) is 219 Å². The molecule has 0 fully saturated rings. The van der Waals surface area contributed by atoms with E-state index in [-0.39, 0.29) is 0 Å². The van der Waals surface area contributed by atoms with Crippen molar-refractivity contribution in [3.05, 3.63) is 89.5 Å². The van der Waals surface area contributed by atoms with Gasteiger partial charge in [-0.2, -0.15) is 0 Å². The minimum absolute atomic E-state index is 1.14. The van der Waals surface area contributed by atoms with Crippen molar-refractivity contribution in [2.24, 2.45) is 0 Å². The highest BCUT2D eigenvalue weighted by atomic mass is 79.9. The van der Waals surface area contributed by atoms with E-state index in [4.69, 9.17) is 0 Å². The van der Waals surface area contributed by atoms with Gasteiger partial charge in [0.1, 0.15) is 0 Å². The molecule has 6 heteroatoms. The first-order valence-corrected chi connectivity index (χ1v) is 31.7. The monoisotopic (exact) mass is 1090 g/mol. The summed E-state index contributed by atoms with van der Waals surface area (Å²) in [7, 11) is 0. The maximum Gasteiger partial charge on any atom is 0.0651 e. The van der Waals surface area contributed by atoms with Gasteiger partial charge in [0.15, 0.2) is 0 Å². The van der Waals surface area contributed by atoms with E-state index in [9.17, 15) is 0 Å². The molecule has 6 rings (SSSR count). The highest BCUT2D eigenvalue weighted by molar-refractivity contribution is 9.10. The Morgan fingerprint density at radius 1 is 0.303 bits per heavy atom. The molecule has 0 atom stereocenters. The summed E-state index contributed by atoms with van der Waals surface area (Å²) >= 11 is 15.6. The van der Waals surface area contributed by atoms with E-state index in [2.05, 4.69) is 164 Å². The first kappa shape index (κ1) is 53.8. The summed E-state index contributed by atoms with van der Waals surface area (Å²) in [5, 5.41) is 0. The van der Waals surface area contributed by atoms with E-state index in [0.717, 1.165) is 8.95 Å². The molecule has 0 amide bonds. The number of hydrogen-bond donors (Lipinski definition) is 0. The van der Waals surface area contributed by atoms with Crippen molar-refractivity contribution < 1.29 is 0 Å². The van der Waals surface area contributed by atoms with Crippen LogP contribution in [0.4, 0.5) is 0 Å². The third-order valence-electron chi connectivity index (χ3n) is 13.7. The second kappa shape index (κ2) is 31.6. The molecule has 66 heavy (non-hydrogen) atoms. The molecular formula is C60H82Br2S4. The molecule has 0 radical (unpaired) electrons. The first-order chi connectivity index (χ1) is 32.6. The number of halogens is 2.